The molecule has 0 aliphatic carbocycles. The van der Waals surface area contributed by atoms with Crippen LogP contribution in [0.3, 0.4) is 0 Å². The monoisotopic (exact) mass is 328 g/mol. The van der Waals surface area contributed by atoms with Crippen molar-refractivity contribution in [3.05, 3.63) is 58.5 Å². The largest absolute Gasteiger partial charge is 0.390 e. The molecule has 7 heteroatoms. The maximum atomic E-state index is 12.2. The molecule has 0 aliphatic heterocycles. The van der Waals surface area contributed by atoms with Gasteiger partial charge in [0.05, 0.1) is 24.4 Å². The molecule has 0 fully saturated rings. The molecule has 1 atom stereocenters. The van der Waals surface area contributed by atoms with Gasteiger partial charge in [-0.05, 0) is 53.6 Å². The number of carbonyl (C=O) groups is 1. The zero-order chi connectivity index (χ0) is 16.2. The fourth-order valence-corrected chi connectivity index (χ4v) is 2.87. The molecular formula is C16H16N4O2S. The van der Waals surface area contributed by atoms with E-state index in [9.17, 15) is 4.79 Å². The van der Waals surface area contributed by atoms with E-state index < -0.39 is 0 Å². The summed E-state index contributed by atoms with van der Waals surface area (Å²) >= 11 is 1.58. The lowest BCUT2D eigenvalue weighted by Gasteiger charge is -2.11. The van der Waals surface area contributed by atoms with Crippen LogP contribution in [0.4, 0.5) is 5.69 Å². The number of nitrogens with zero attached hydrogens (tertiary/aromatic N) is 3. The molecule has 0 saturated heterocycles. The third kappa shape index (κ3) is 3.46. The quantitative estimate of drug-likeness (QED) is 0.754. The molecule has 2 heterocycles. The predicted octanol–water partition coefficient (Wildman–Crippen LogP) is 2.56. The van der Waals surface area contributed by atoms with Gasteiger partial charge in [0.2, 0.25) is 5.91 Å². The molecule has 0 saturated carbocycles. The lowest BCUT2D eigenvalue weighted by Crippen LogP contribution is -2.18. The second-order valence-electron chi connectivity index (χ2n) is 5.13. The summed E-state index contributed by atoms with van der Waals surface area (Å²) in [7, 11) is 0. The summed E-state index contributed by atoms with van der Waals surface area (Å²) in [6, 6.07) is 9.25. The number of aliphatic hydroxyl groups is 1. The van der Waals surface area contributed by atoms with Gasteiger partial charge in [-0.15, -0.1) is 5.10 Å². The molecule has 2 N–H and O–H groups in total. The Morgan fingerprint density at radius 1 is 1.35 bits per heavy atom. The summed E-state index contributed by atoms with van der Waals surface area (Å²) in [6.45, 7) is 1.74. The number of thiophene rings is 1. The van der Waals surface area contributed by atoms with E-state index in [0.29, 0.717) is 5.69 Å². The van der Waals surface area contributed by atoms with Crippen LogP contribution in [0.5, 0.6) is 0 Å². The van der Waals surface area contributed by atoms with Gasteiger partial charge in [-0.25, -0.2) is 4.68 Å². The Morgan fingerprint density at radius 2 is 2.13 bits per heavy atom. The van der Waals surface area contributed by atoms with E-state index in [1.165, 1.54) is 0 Å². The zero-order valence-electron chi connectivity index (χ0n) is 12.5. The first-order valence-electron chi connectivity index (χ1n) is 7.13. The van der Waals surface area contributed by atoms with Crippen LogP contribution in [0.2, 0.25) is 0 Å². The van der Waals surface area contributed by atoms with Crippen molar-refractivity contribution in [2.24, 2.45) is 0 Å². The number of rotatable bonds is 5. The van der Waals surface area contributed by atoms with Gasteiger partial charge in [-0.2, -0.15) is 11.3 Å². The van der Waals surface area contributed by atoms with E-state index in [0.717, 1.165) is 16.9 Å². The Hall–Kier alpha value is -2.51. The van der Waals surface area contributed by atoms with Gasteiger partial charge in [0.15, 0.2) is 0 Å². The first-order chi connectivity index (χ1) is 11.2. The van der Waals surface area contributed by atoms with Crippen molar-refractivity contribution < 1.29 is 9.90 Å². The third-order valence-corrected chi connectivity index (χ3v) is 4.24. The highest BCUT2D eigenvalue weighted by Gasteiger charge is 2.15. The predicted molar refractivity (Wildman–Crippen MR) is 88.6 cm³/mol. The smallest absolute Gasteiger partial charge is 0.231 e. The van der Waals surface area contributed by atoms with Crippen LogP contribution in [0, 0.1) is 0 Å². The first-order valence-corrected chi connectivity index (χ1v) is 8.07. The second-order valence-corrected chi connectivity index (χ2v) is 5.91. The van der Waals surface area contributed by atoms with Crippen LogP contribution in [-0.2, 0) is 11.4 Å². The Bertz CT molecular complexity index is 781. The summed E-state index contributed by atoms with van der Waals surface area (Å²) in [6.07, 6.45) is 1.66. The van der Waals surface area contributed by atoms with E-state index in [1.807, 2.05) is 48.0 Å². The van der Waals surface area contributed by atoms with Gasteiger partial charge < -0.3 is 10.4 Å². The van der Waals surface area contributed by atoms with Gasteiger partial charge in [0.25, 0.3) is 0 Å². The van der Waals surface area contributed by atoms with Crippen molar-refractivity contribution in [3.63, 3.8) is 0 Å². The van der Waals surface area contributed by atoms with Crippen LogP contribution < -0.4 is 5.32 Å². The summed E-state index contributed by atoms with van der Waals surface area (Å²) in [5.41, 5.74) is 3.06. The maximum absolute atomic E-state index is 12.2. The van der Waals surface area contributed by atoms with Gasteiger partial charge in [-0.3, -0.25) is 4.79 Å². The third-order valence-electron chi connectivity index (χ3n) is 3.54. The number of nitrogens with one attached hydrogen (secondary N) is 1. The number of aliphatic hydroxyl groups excluding tert-OH is 1. The van der Waals surface area contributed by atoms with Crippen LogP contribution in [-0.4, -0.2) is 26.0 Å². The van der Waals surface area contributed by atoms with Crippen molar-refractivity contribution in [2.75, 3.05) is 5.32 Å². The number of carbonyl (C=O) groups excluding carboxylic acids is 1. The standard InChI is InChI=1S/C16H16N4O2S/c1-11(12-6-7-23-10-12)16(22)17-13-2-4-15(5-3-13)20-8-14(9-21)18-19-20/h2-8,10-11,21H,9H2,1H3,(H,17,22)/t11-/m0/s1. The molecule has 23 heavy (non-hydrogen) atoms. The van der Waals surface area contributed by atoms with Gasteiger partial charge in [0, 0.05) is 5.69 Å². The van der Waals surface area contributed by atoms with E-state index in [1.54, 1.807) is 22.2 Å². The number of aromatic nitrogens is 3. The van der Waals surface area contributed by atoms with Crippen LogP contribution in [0.1, 0.15) is 24.1 Å². The van der Waals surface area contributed by atoms with Crippen LogP contribution >= 0.6 is 11.3 Å². The fourth-order valence-electron chi connectivity index (χ4n) is 2.12. The highest BCUT2D eigenvalue weighted by molar-refractivity contribution is 7.08. The van der Waals surface area contributed by atoms with E-state index in [4.69, 9.17) is 5.11 Å². The molecule has 0 bridgehead atoms. The number of amides is 1. The van der Waals surface area contributed by atoms with E-state index in [2.05, 4.69) is 15.6 Å². The number of hydrogen-bond acceptors (Lipinski definition) is 5. The second kappa shape index (κ2) is 6.72. The average molecular weight is 328 g/mol. The molecule has 0 aliphatic rings. The van der Waals surface area contributed by atoms with Gasteiger partial charge >= 0.3 is 0 Å². The molecular weight excluding hydrogens is 312 g/mol. The maximum Gasteiger partial charge on any atom is 0.231 e. The average Bonchev–Trinajstić information content (AvgIpc) is 3.26. The van der Waals surface area contributed by atoms with Crippen LogP contribution in [0.15, 0.2) is 47.3 Å². The summed E-state index contributed by atoms with van der Waals surface area (Å²) in [5, 5.41) is 23.6. The Labute approximate surface area is 137 Å². The topological polar surface area (TPSA) is 80.0 Å². The lowest BCUT2D eigenvalue weighted by molar-refractivity contribution is -0.117. The molecule has 0 radical (unpaired) electrons. The molecule has 0 unspecified atom stereocenters. The minimum atomic E-state index is -0.191. The fraction of sp³-hybridized carbons (Fsp3) is 0.188. The molecule has 3 aromatic rings. The van der Waals surface area contributed by atoms with Crippen molar-refractivity contribution in [2.45, 2.75) is 19.4 Å². The van der Waals surface area contributed by atoms with Crippen molar-refractivity contribution in [3.8, 4) is 5.69 Å². The molecule has 3 rings (SSSR count). The van der Waals surface area contributed by atoms with Gasteiger partial charge in [-0.1, -0.05) is 5.21 Å². The summed E-state index contributed by atoms with van der Waals surface area (Å²) < 4.78 is 1.57. The highest BCUT2D eigenvalue weighted by Crippen LogP contribution is 2.21. The minimum absolute atomic E-state index is 0.0422. The lowest BCUT2D eigenvalue weighted by atomic mass is 10.0. The summed E-state index contributed by atoms with van der Waals surface area (Å²) in [4.78, 5) is 12.2. The van der Waals surface area contributed by atoms with E-state index >= 15 is 0 Å². The number of benzene rings is 1. The van der Waals surface area contributed by atoms with E-state index in [-0.39, 0.29) is 18.4 Å². The molecule has 118 valence electrons. The molecule has 2 aromatic heterocycles. The van der Waals surface area contributed by atoms with Crippen molar-refractivity contribution in [1.82, 2.24) is 15.0 Å². The Kier molecular flexibility index (Phi) is 4.50. The van der Waals surface area contributed by atoms with Crippen molar-refractivity contribution >= 4 is 22.9 Å². The first kappa shape index (κ1) is 15.4. The number of hydrogen-bond donors (Lipinski definition) is 2. The molecule has 1 amide bonds. The Balaban J connectivity index is 1.68. The van der Waals surface area contributed by atoms with Crippen molar-refractivity contribution in [1.29, 1.82) is 0 Å². The summed E-state index contributed by atoms with van der Waals surface area (Å²) in [5.74, 6) is -0.233. The zero-order valence-corrected chi connectivity index (χ0v) is 13.3. The number of anilines is 1. The molecule has 1 aromatic carbocycles. The normalized spacial score (nSPS) is 12.1. The molecule has 0 spiro atoms. The highest BCUT2D eigenvalue weighted by atomic mass is 32.1. The van der Waals surface area contributed by atoms with Crippen LogP contribution in [0.25, 0.3) is 5.69 Å². The van der Waals surface area contributed by atoms with Gasteiger partial charge in [0.1, 0.15) is 5.69 Å². The SMILES string of the molecule is C[C@H](C(=O)Nc1ccc(-n2cc(CO)nn2)cc1)c1ccsc1. The molecule has 6 nitrogen and oxygen atoms in total. The minimum Gasteiger partial charge on any atom is -0.390 e. The Morgan fingerprint density at radius 3 is 2.74 bits per heavy atom.